The summed E-state index contributed by atoms with van der Waals surface area (Å²) in [6.07, 6.45) is 0. The van der Waals surface area contributed by atoms with Crippen molar-refractivity contribution in [2.45, 2.75) is 6.61 Å². The van der Waals surface area contributed by atoms with Gasteiger partial charge in [-0.3, -0.25) is 4.57 Å². The molecule has 0 bridgehead atoms. The minimum absolute atomic E-state index is 0.274. The van der Waals surface area contributed by atoms with Gasteiger partial charge >= 0.3 is 0 Å². The van der Waals surface area contributed by atoms with Crippen LogP contribution in [0.25, 0.3) is 0 Å². The molecule has 4 rings (SSSR count). The van der Waals surface area contributed by atoms with Gasteiger partial charge in [-0.25, -0.2) is 4.39 Å². The molecule has 0 fully saturated rings. The van der Waals surface area contributed by atoms with Gasteiger partial charge in [0.15, 0.2) is 0 Å². The van der Waals surface area contributed by atoms with E-state index in [4.69, 9.17) is 4.74 Å². The summed E-state index contributed by atoms with van der Waals surface area (Å²) in [5.41, 5.74) is 2.81. The highest BCUT2D eigenvalue weighted by molar-refractivity contribution is 5.60. The van der Waals surface area contributed by atoms with Crippen LogP contribution in [0.15, 0.2) is 78.9 Å². The fraction of sp³-hybridized carbons (Fsp3) is 0.130. The van der Waals surface area contributed by atoms with Crippen molar-refractivity contribution in [2.24, 2.45) is 7.05 Å². The van der Waals surface area contributed by atoms with Crippen molar-refractivity contribution in [1.29, 1.82) is 0 Å². The molecular formula is C23H22FN5O. The van der Waals surface area contributed by atoms with E-state index in [-0.39, 0.29) is 5.82 Å². The molecule has 4 aromatic rings. The molecule has 0 amide bonds. The molecule has 0 saturated heterocycles. The van der Waals surface area contributed by atoms with Gasteiger partial charge in [0.1, 0.15) is 18.2 Å². The van der Waals surface area contributed by atoms with Crippen LogP contribution in [-0.4, -0.2) is 21.8 Å². The lowest BCUT2D eigenvalue weighted by Gasteiger charge is -2.18. The van der Waals surface area contributed by atoms with Crippen LogP contribution < -0.4 is 15.0 Å². The van der Waals surface area contributed by atoms with Gasteiger partial charge in [-0.05, 0) is 54.1 Å². The van der Waals surface area contributed by atoms with E-state index in [9.17, 15) is 4.39 Å². The van der Waals surface area contributed by atoms with E-state index < -0.39 is 0 Å². The van der Waals surface area contributed by atoms with Gasteiger partial charge in [0.05, 0.1) is 0 Å². The number of hydrogen-bond donors (Lipinski definition) is 1. The monoisotopic (exact) mass is 403 g/mol. The summed E-state index contributed by atoms with van der Waals surface area (Å²) in [5.74, 6) is 1.74. The number of aromatic nitrogens is 3. The Bertz CT molecular complexity index is 1090. The van der Waals surface area contributed by atoms with Crippen molar-refractivity contribution in [2.75, 3.05) is 17.3 Å². The summed E-state index contributed by atoms with van der Waals surface area (Å²) in [4.78, 5) is 1.85. The highest BCUT2D eigenvalue weighted by Gasteiger charge is 2.14. The van der Waals surface area contributed by atoms with Crippen LogP contribution in [0.2, 0.25) is 0 Å². The third-order valence-corrected chi connectivity index (χ3v) is 4.72. The number of ether oxygens (including phenoxy) is 1. The SMILES string of the molecule is CN(c1ccc(F)cc1)c1nnc(Nc2ccc(OCc3ccccc3)cc2)n1C. The zero-order valence-corrected chi connectivity index (χ0v) is 16.8. The Balaban J connectivity index is 1.41. The molecule has 0 radical (unpaired) electrons. The van der Waals surface area contributed by atoms with Crippen molar-refractivity contribution in [3.63, 3.8) is 0 Å². The summed E-state index contributed by atoms with van der Waals surface area (Å²) >= 11 is 0. The topological polar surface area (TPSA) is 55.2 Å². The fourth-order valence-corrected chi connectivity index (χ4v) is 3.01. The second-order valence-corrected chi connectivity index (χ2v) is 6.84. The number of nitrogens with one attached hydrogen (secondary N) is 1. The van der Waals surface area contributed by atoms with Crippen LogP contribution in [0.4, 0.5) is 27.7 Å². The number of hydrogen-bond acceptors (Lipinski definition) is 5. The van der Waals surface area contributed by atoms with Crippen molar-refractivity contribution in [1.82, 2.24) is 14.8 Å². The maximum atomic E-state index is 13.2. The van der Waals surface area contributed by atoms with Crippen LogP contribution in [0, 0.1) is 5.82 Å². The lowest BCUT2D eigenvalue weighted by molar-refractivity contribution is 0.306. The molecular weight excluding hydrogens is 381 g/mol. The molecule has 0 spiro atoms. The summed E-state index contributed by atoms with van der Waals surface area (Å²) in [7, 11) is 3.73. The Labute approximate surface area is 174 Å². The van der Waals surface area contributed by atoms with Gasteiger partial charge in [-0.15, -0.1) is 10.2 Å². The van der Waals surface area contributed by atoms with Crippen molar-refractivity contribution >= 4 is 23.3 Å². The zero-order chi connectivity index (χ0) is 20.9. The largest absolute Gasteiger partial charge is 0.489 e. The van der Waals surface area contributed by atoms with Crippen molar-refractivity contribution in [3.8, 4) is 5.75 Å². The molecule has 0 aliphatic carbocycles. The van der Waals surface area contributed by atoms with Gasteiger partial charge in [-0.2, -0.15) is 0 Å². The molecule has 1 N–H and O–H groups in total. The summed E-state index contributed by atoms with van der Waals surface area (Å²) in [5, 5.41) is 11.7. The predicted octanol–water partition coefficient (Wildman–Crippen LogP) is 5.04. The van der Waals surface area contributed by atoms with Gasteiger partial charge < -0.3 is 15.0 Å². The first kappa shape index (κ1) is 19.4. The van der Waals surface area contributed by atoms with E-state index in [1.54, 1.807) is 12.1 Å². The number of rotatable bonds is 7. The number of halogens is 1. The van der Waals surface area contributed by atoms with Crippen molar-refractivity contribution < 1.29 is 9.13 Å². The van der Waals surface area contributed by atoms with E-state index in [1.165, 1.54) is 12.1 Å². The highest BCUT2D eigenvalue weighted by Crippen LogP contribution is 2.25. The van der Waals surface area contributed by atoms with E-state index in [0.717, 1.165) is 22.7 Å². The molecule has 0 saturated carbocycles. The normalized spacial score (nSPS) is 10.6. The minimum Gasteiger partial charge on any atom is -0.489 e. The minimum atomic E-state index is -0.274. The Morgan fingerprint density at radius 2 is 1.63 bits per heavy atom. The van der Waals surface area contributed by atoms with E-state index >= 15 is 0 Å². The molecule has 6 nitrogen and oxygen atoms in total. The zero-order valence-electron chi connectivity index (χ0n) is 16.8. The summed E-state index contributed by atoms with van der Waals surface area (Å²) in [6, 6.07) is 24.0. The van der Waals surface area contributed by atoms with Gasteiger partial charge in [0.25, 0.3) is 0 Å². The molecule has 0 atom stereocenters. The highest BCUT2D eigenvalue weighted by atomic mass is 19.1. The van der Waals surface area contributed by atoms with Gasteiger partial charge in [-0.1, -0.05) is 30.3 Å². The van der Waals surface area contributed by atoms with Crippen molar-refractivity contribution in [3.05, 3.63) is 90.2 Å². The summed E-state index contributed by atoms with van der Waals surface area (Å²) < 4.78 is 20.8. The van der Waals surface area contributed by atoms with Gasteiger partial charge in [0, 0.05) is 25.5 Å². The predicted molar refractivity (Wildman–Crippen MR) is 116 cm³/mol. The first-order valence-corrected chi connectivity index (χ1v) is 9.52. The average molecular weight is 403 g/mol. The number of benzene rings is 3. The first-order valence-electron chi connectivity index (χ1n) is 9.52. The molecule has 30 heavy (non-hydrogen) atoms. The lowest BCUT2D eigenvalue weighted by atomic mass is 10.2. The van der Waals surface area contributed by atoms with Gasteiger partial charge in [0.2, 0.25) is 11.9 Å². The van der Waals surface area contributed by atoms with Crippen LogP contribution >= 0.6 is 0 Å². The summed E-state index contributed by atoms with van der Waals surface area (Å²) in [6.45, 7) is 0.524. The van der Waals surface area contributed by atoms with Crippen LogP contribution in [0.5, 0.6) is 5.75 Å². The Morgan fingerprint density at radius 3 is 2.33 bits per heavy atom. The van der Waals surface area contributed by atoms with E-state index in [1.807, 2.05) is 78.2 Å². The second kappa shape index (κ2) is 8.65. The molecule has 0 aliphatic heterocycles. The molecule has 0 aliphatic rings. The molecule has 7 heteroatoms. The Hall–Kier alpha value is -3.87. The van der Waals surface area contributed by atoms with Crippen LogP contribution in [0.3, 0.4) is 0 Å². The van der Waals surface area contributed by atoms with Crippen LogP contribution in [0.1, 0.15) is 5.56 Å². The first-order chi connectivity index (χ1) is 14.6. The maximum Gasteiger partial charge on any atom is 0.232 e. The third-order valence-electron chi connectivity index (χ3n) is 4.72. The smallest absolute Gasteiger partial charge is 0.232 e. The Morgan fingerprint density at radius 1 is 0.933 bits per heavy atom. The number of nitrogens with zero attached hydrogens (tertiary/aromatic N) is 4. The van der Waals surface area contributed by atoms with E-state index in [0.29, 0.717) is 18.5 Å². The Kier molecular flexibility index (Phi) is 5.61. The fourth-order valence-electron chi connectivity index (χ4n) is 3.01. The molecule has 1 heterocycles. The standard InChI is InChI=1S/C23H22FN5O/c1-28(20-12-8-18(24)9-13-20)23-27-26-22(29(23)2)25-19-10-14-21(15-11-19)30-16-17-6-4-3-5-7-17/h3-15H,16H2,1-2H3,(H,25,26). The number of anilines is 4. The van der Waals surface area contributed by atoms with Crippen LogP contribution in [-0.2, 0) is 13.7 Å². The van der Waals surface area contributed by atoms with E-state index in [2.05, 4.69) is 15.5 Å². The second-order valence-electron chi connectivity index (χ2n) is 6.84. The maximum absolute atomic E-state index is 13.2. The quantitative estimate of drug-likeness (QED) is 0.468. The molecule has 0 unspecified atom stereocenters. The molecule has 152 valence electrons. The molecule has 3 aromatic carbocycles. The lowest BCUT2D eigenvalue weighted by Crippen LogP contribution is -2.14. The molecule has 1 aromatic heterocycles. The third kappa shape index (κ3) is 4.41. The average Bonchev–Trinajstić information content (AvgIpc) is 3.14.